The summed E-state index contributed by atoms with van der Waals surface area (Å²) in [5, 5.41) is 23.3. The van der Waals surface area contributed by atoms with Crippen molar-refractivity contribution in [2.45, 2.75) is 13.8 Å². The molecule has 3 aromatic rings. The lowest BCUT2D eigenvalue weighted by molar-refractivity contribution is 0.0652. The molecule has 4 nitrogen and oxygen atoms in total. The van der Waals surface area contributed by atoms with E-state index in [9.17, 15) is 19.8 Å². The molecule has 0 amide bonds. The third-order valence-electron chi connectivity index (χ3n) is 4.03. The van der Waals surface area contributed by atoms with Gasteiger partial charge in [-0.2, -0.15) is 0 Å². The number of thiophene rings is 2. The number of aromatic carboxylic acids is 2. The van der Waals surface area contributed by atoms with Gasteiger partial charge in [-0.3, -0.25) is 0 Å². The minimum Gasteiger partial charge on any atom is -0.478 e. The molecule has 0 fully saturated rings. The third-order valence-corrected chi connectivity index (χ3v) is 5.80. The Bertz CT molecular complexity index is 846. The number of benzene rings is 1. The van der Waals surface area contributed by atoms with Crippen molar-refractivity contribution in [2.75, 3.05) is 0 Å². The molecule has 6 heteroatoms. The zero-order valence-corrected chi connectivity index (χ0v) is 14.6. The van der Waals surface area contributed by atoms with Gasteiger partial charge in [0.15, 0.2) is 0 Å². The molecule has 24 heavy (non-hydrogen) atoms. The summed E-state index contributed by atoms with van der Waals surface area (Å²) in [6.07, 6.45) is 0. The number of carboxylic acids is 2. The second-order valence-corrected chi connectivity index (χ2v) is 7.21. The van der Waals surface area contributed by atoms with Crippen LogP contribution in [0, 0.1) is 13.8 Å². The molecule has 0 aliphatic heterocycles. The van der Waals surface area contributed by atoms with Crippen LogP contribution >= 0.6 is 22.7 Å². The van der Waals surface area contributed by atoms with E-state index >= 15 is 0 Å². The summed E-state index contributed by atoms with van der Waals surface area (Å²) in [6, 6.07) is 7.28. The average molecular weight is 358 g/mol. The Morgan fingerprint density at radius 3 is 1.42 bits per heavy atom. The number of hydrogen-bond acceptors (Lipinski definition) is 4. The molecule has 0 aliphatic carbocycles. The average Bonchev–Trinajstić information content (AvgIpc) is 3.21. The minimum atomic E-state index is -1.23. The van der Waals surface area contributed by atoms with Gasteiger partial charge in [0.05, 0.1) is 11.1 Å². The highest BCUT2D eigenvalue weighted by molar-refractivity contribution is 7.14. The second kappa shape index (κ2) is 6.22. The Morgan fingerprint density at radius 1 is 0.792 bits per heavy atom. The van der Waals surface area contributed by atoms with Crippen molar-refractivity contribution < 1.29 is 19.8 Å². The maximum atomic E-state index is 12.0. The maximum absolute atomic E-state index is 12.0. The SMILES string of the molecule is Cc1c(C)c(-c2cccs2)c(C(=O)O)c(C(=O)O)c1-c1cccs1. The first kappa shape index (κ1) is 16.4. The highest BCUT2D eigenvalue weighted by Gasteiger charge is 2.30. The van der Waals surface area contributed by atoms with Crippen LogP contribution in [0.1, 0.15) is 31.8 Å². The van der Waals surface area contributed by atoms with E-state index in [-0.39, 0.29) is 11.1 Å². The Kier molecular flexibility index (Phi) is 4.26. The van der Waals surface area contributed by atoms with Crippen LogP contribution in [-0.4, -0.2) is 22.2 Å². The quantitative estimate of drug-likeness (QED) is 0.676. The highest BCUT2D eigenvalue weighted by Crippen LogP contribution is 2.42. The van der Waals surface area contributed by atoms with Crippen molar-refractivity contribution in [3.05, 3.63) is 57.3 Å². The predicted molar refractivity (Wildman–Crippen MR) is 96.5 cm³/mol. The normalized spacial score (nSPS) is 10.8. The lowest BCUT2D eigenvalue weighted by atomic mass is 9.86. The summed E-state index contributed by atoms with van der Waals surface area (Å²) < 4.78 is 0. The van der Waals surface area contributed by atoms with Crippen LogP contribution in [0.4, 0.5) is 0 Å². The van der Waals surface area contributed by atoms with E-state index in [1.54, 1.807) is 0 Å². The minimum absolute atomic E-state index is 0.142. The molecule has 0 unspecified atom stereocenters. The van der Waals surface area contributed by atoms with Gasteiger partial charge in [0.1, 0.15) is 0 Å². The van der Waals surface area contributed by atoms with Gasteiger partial charge in [-0.1, -0.05) is 12.1 Å². The van der Waals surface area contributed by atoms with Gasteiger partial charge in [0.25, 0.3) is 0 Å². The Balaban J connectivity index is 2.52. The maximum Gasteiger partial charge on any atom is 0.337 e. The third kappa shape index (κ3) is 2.53. The largest absolute Gasteiger partial charge is 0.478 e. The van der Waals surface area contributed by atoms with Gasteiger partial charge in [0, 0.05) is 20.9 Å². The highest BCUT2D eigenvalue weighted by atomic mass is 32.1. The molecule has 0 radical (unpaired) electrons. The van der Waals surface area contributed by atoms with E-state index in [4.69, 9.17) is 0 Å². The molecule has 0 saturated heterocycles. The van der Waals surface area contributed by atoms with Gasteiger partial charge in [-0.15, -0.1) is 22.7 Å². The molecule has 122 valence electrons. The first-order valence-corrected chi connectivity index (χ1v) is 8.91. The van der Waals surface area contributed by atoms with Crippen molar-refractivity contribution in [3.63, 3.8) is 0 Å². The smallest absolute Gasteiger partial charge is 0.337 e. The fourth-order valence-corrected chi connectivity index (χ4v) is 4.55. The van der Waals surface area contributed by atoms with Gasteiger partial charge < -0.3 is 10.2 Å². The molecular weight excluding hydrogens is 344 g/mol. The van der Waals surface area contributed by atoms with E-state index in [1.807, 2.05) is 48.9 Å². The van der Waals surface area contributed by atoms with Crippen molar-refractivity contribution >= 4 is 34.6 Å². The van der Waals surface area contributed by atoms with Gasteiger partial charge in [-0.25, -0.2) is 9.59 Å². The molecule has 2 aromatic heterocycles. The molecule has 0 spiro atoms. The summed E-state index contributed by atoms with van der Waals surface area (Å²) in [5.41, 5.74) is 2.29. The number of carbonyl (C=O) groups is 2. The summed E-state index contributed by atoms with van der Waals surface area (Å²) in [7, 11) is 0. The molecule has 1 aromatic carbocycles. The van der Waals surface area contributed by atoms with E-state index in [1.165, 1.54) is 22.7 Å². The fraction of sp³-hybridized carbons (Fsp3) is 0.111. The first-order chi connectivity index (χ1) is 11.4. The van der Waals surface area contributed by atoms with Crippen LogP contribution in [0.5, 0.6) is 0 Å². The van der Waals surface area contributed by atoms with Crippen LogP contribution in [0.2, 0.25) is 0 Å². The van der Waals surface area contributed by atoms with Crippen molar-refractivity contribution in [2.24, 2.45) is 0 Å². The van der Waals surface area contributed by atoms with Crippen LogP contribution in [0.25, 0.3) is 20.9 Å². The number of hydrogen-bond donors (Lipinski definition) is 2. The molecule has 2 heterocycles. The van der Waals surface area contributed by atoms with Crippen molar-refractivity contribution in [1.29, 1.82) is 0 Å². The zero-order valence-electron chi connectivity index (χ0n) is 13.0. The monoisotopic (exact) mass is 358 g/mol. The summed E-state index contributed by atoms with van der Waals surface area (Å²) in [4.78, 5) is 25.5. The molecule has 0 atom stereocenters. The molecular formula is C18H14O4S2. The van der Waals surface area contributed by atoms with E-state index in [0.29, 0.717) is 11.1 Å². The molecule has 2 N–H and O–H groups in total. The van der Waals surface area contributed by atoms with Crippen molar-refractivity contribution in [3.8, 4) is 20.9 Å². The lowest BCUT2D eigenvalue weighted by Crippen LogP contribution is -2.14. The molecule has 0 bridgehead atoms. The van der Waals surface area contributed by atoms with Gasteiger partial charge >= 0.3 is 11.9 Å². The van der Waals surface area contributed by atoms with Crippen molar-refractivity contribution in [1.82, 2.24) is 0 Å². The van der Waals surface area contributed by atoms with Crippen LogP contribution in [0.3, 0.4) is 0 Å². The zero-order chi connectivity index (χ0) is 17.4. The van der Waals surface area contributed by atoms with Gasteiger partial charge in [0.2, 0.25) is 0 Å². The van der Waals surface area contributed by atoms with E-state index in [2.05, 4.69) is 0 Å². The van der Waals surface area contributed by atoms with Crippen LogP contribution in [-0.2, 0) is 0 Å². The Morgan fingerprint density at radius 2 is 1.17 bits per heavy atom. The summed E-state index contributed by atoms with van der Waals surface area (Å²) in [6.45, 7) is 3.69. The Labute approximate surface area is 146 Å². The molecule has 0 saturated carbocycles. The Hall–Kier alpha value is -2.44. The number of carboxylic acid groups (broad SMARTS) is 2. The van der Waals surface area contributed by atoms with Gasteiger partial charge in [-0.05, 0) is 47.9 Å². The summed E-state index contributed by atoms with van der Waals surface area (Å²) in [5.74, 6) is -2.45. The topological polar surface area (TPSA) is 74.6 Å². The number of rotatable bonds is 4. The predicted octanol–water partition coefficient (Wildman–Crippen LogP) is 5.16. The first-order valence-electron chi connectivity index (χ1n) is 7.15. The molecule has 3 rings (SSSR count). The lowest BCUT2D eigenvalue weighted by Gasteiger charge is -2.19. The fourth-order valence-electron chi connectivity index (χ4n) is 2.89. The molecule has 0 aliphatic rings. The summed E-state index contributed by atoms with van der Waals surface area (Å²) >= 11 is 2.80. The second-order valence-electron chi connectivity index (χ2n) is 5.31. The van der Waals surface area contributed by atoms with Crippen LogP contribution in [0.15, 0.2) is 35.0 Å². The van der Waals surface area contributed by atoms with E-state index < -0.39 is 11.9 Å². The standard InChI is InChI=1S/C18H14O4S2/c1-9-10(2)14(12-6-4-8-24-12)16(18(21)22)15(17(19)20)13(9)11-5-3-7-23-11/h3-8H,1-2H3,(H,19,20)(H,21,22). The van der Waals surface area contributed by atoms with E-state index in [0.717, 1.165) is 20.9 Å². The van der Waals surface area contributed by atoms with Crippen LogP contribution < -0.4 is 0 Å².